The van der Waals surface area contributed by atoms with Gasteiger partial charge in [0.1, 0.15) is 5.82 Å². The van der Waals surface area contributed by atoms with Gasteiger partial charge in [-0.15, -0.1) is 0 Å². The lowest BCUT2D eigenvalue weighted by Gasteiger charge is -2.29. The standard InChI is InChI=1S/C25H34N4O3S/c1-3-29-24(16-27-14-21-7-6-20(19-4-5-19)12-22(21)15-27)26-13-23(25(29)30)32-17-18-8-10-28(11-9-18)33(2)31/h6-7,12-13,18-19H,3-5,8-11,14-17H2,1-2H3. The van der Waals surface area contributed by atoms with Gasteiger partial charge in [0.15, 0.2) is 0 Å². The zero-order valence-corrected chi connectivity index (χ0v) is 20.5. The number of hydrogen-bond acceptors (Lipinski definition) is 5. The minimum Gasteiger partial charge on any atom is -0.486 e. The van der Waals surface area contributed by atoms with E-state index in [9.17, 15) is 9.00 Å². The molecule has 1 aromatic carbocycles. The molecule has 1 aromatic heterocycles. The number of ether oxygens (including phenoxy) is 1. The van der Waals surface area contributed by atoms with Gasteiger partial charge < -0.3 is 4.74 Å². The van der Waals surface area contributed by atoms with E-state index in [2.05, 4.69) is 28.1 Å². The molecule has 8 heteroatoms. The average Bonchev–Trinajstić information content (AvgIpc) is 3.59. The van der Waals surface area contributed by atoms with Gasteiger partial charge >= 0.3 is 0 Å². The van der Waals surface area contributed by atoms with Crippen molar-refractivity contribution in [2.24, 2.45) is 5.92 Å². The molecule has 0 radical (unpaired) electrons. The zero-order chi connectivity index (χ0) is 22.9. The van der Waals surface area contributed by atoms with E-state index in [1.54, 1.807) is 17.0 Å². The maximum Gasteiger partial charge on any atom is 0.295 e. The van der Waals surface area contributed by atoms with E-state index in [1.165, 1.54) is 29.5 Å². The highest BCUT2D eigenvalue weighted by molar-refractivity contribution is 7.81. The summed E-state index contributed by atoms with van der Waals surface area (Å²) in [7, 11) is -0.908. The Balaban J connectivity index is 1.21. The van der Waals surface area contributed by atoms with Gasteiger partial charge in [0.05, 0.1) is 30.3 Å². The highest BCUT2D eigenvalue weighted by Gasteiger charge is 2.27. The molecule has 5 rings (SSSR count). The van der Waals surface area contributed by atoms with Crippen LogP contribution in [-0.4, -0.2) is 48.9 Å². The van der Waals surface area contributed by atoms with Gasteiger partial charge in [0.25, 0.3) is 5.56 Å². The number of fused-ring (bicyclic) bond motifs is 1. The van der Waals surface area contributed by atoms with E-state index < -0.39 is 11.0 Å². The van der Waals surface area contributed by atoms with Crippen molar-refractivity contribution in [1.82, 2.24) is 18.8 Å². The molecular formula is C25H34N4O3S. The molecule has 33 heavy (non-hydrogen) atoms. The van der Waals surface area contributed by atoms with Gasteiger partial charge in [-0.3, -0.25) is 14.3 Å². The fraction of sp³-hybridized carbons (Fsp3) is 0.600. The van der Waals surface area contributed by atoms with Crippen LogP contribution in [0.5, 0.6) is 5.75 Å². The first-order chi connectivity index (χ1) is 16.0. The first kappa shape index (κ1) is 22.7. The van der Waals surface area contributed by atoms with Crippen molar-refractivity contribution in [3.63, 3.8) is 0 Å². The number of aromatic nitrogens is 2. The molecular weight excluding hydrogens is 436 g/mol. The van der Waals surface area contributed by atoms with Crippen molar-refractivity contribution in [1.29, 1.82) is 0 Å². The molecule has 3 aliphatic rings. The Morgan fingerprint density at radius 1 is 1.12 bits per heavy atom. The Hall–Kier alpha value is -2.03. The highest BCUT2D eigenvalue weighted by Crippen LogP contribution is 2.41. The lowest BCUT2D eigenvalue weighted by molar-refractivity contribution is 0.185. The smallest absolute Gasteiger partial charge is 0.295 e. The van der Waals surface area contributed by atoms with Crippen LogP contribution in [0.1, 0.15) is 61.0 Å². The molecule has 1 atom stereocenters. The van der Waals surface area contributed by atoms with E-state index in [1.807, 2.05) is 11.2 Å². The quantitative estimate of drug-likeness (QED) is 0.593. The molecule has 0 amide bonds. The fourth-order valence-electron chi connectivity index (χ4n) is 5.07. The summed E-state index contributed by atoms with van der Waals surface area (Å²) < 4.78 is 21.3. The summed E-state index contributed by atoms with van der Waals surface area (Å²) in [5.41, 5.74) is 4.20. The number of benzene rings is 1. The SMILES string of the molecule is CCn1c(CN2Cc3ccc(C4CC4)cc3C2)ncc(OCC2CCN(S(C)=O)CC2)c1=O. The molecule has 2 fully saturated rings. The van der Waals surface area contributed by atoms with Crippen molar-refractivity contribution in [2.75, 3.05) is 26.0 Å². The highest BCUT2D eigenvalue weighted by atomic mass is 32.2. The summed E-state index contributed by atoms with van der Waals surface area (Å²) in [5, 5.41) is 0. The normalized spacial score (nSPS) is 20.7. The van der Waals surface area contributed by atoms with Crippen LogP contribution in [0, 0.1) is 5.92 Å². The topological polar surface area (TPSA) is 67.7 Å². The molecule has 2 aromatic rings. The van der Waals surface area contributed by atoms with Gasteiger partial charge in [0.2, 0.25) is 5.75 Å². The van der Waals surface area contributed by atoms with E-state index >= 15 is 0 Å². The van der Waals surface area contributed by atoms with Crippen LogP contribution in [0.2, 0.25) is 0 Å². The lowest BCUT2D eigenvalue weighted by Crippen LogP contribution is -2.36. The molecule has 2 aliphatic heterocycles. The predicted octanol–water partition coefficient (Wildman–Crippen LogP) is 3.04. The summed E-state index contributed by atoms with van der Waals surface area (Å²) >= 11 is 0. The van der Waals surface area contributed by atoms with E-state index in [4.69, 9.17) is 4.74 Å². The Labute approximate surface area is 198 Å². The third-order valence-electron chi connectivity index (χ3n) is 7.26. The number of piperidine rings is 1. The minimum atomic E-state index is -0.908. The second-order valence-corrected chi connectivity index (χ2v) is 11.0. The fourth-order valence-corrected chi connectivity index (χ4v) is 5.79. The van der Waals surface area contributed by atoms with Crippen molar-refractivity contribution in [2.45, 2.75) is 64.7 Å². The molecule has 0 spiro atoms. The third-order valence-corrected chi connectivity index (χ3v) is 8.35. The summed E-state index contributed by atoms with van der Waals surface area (Å²) in [6.07, 6.45) is 7.85. The van der Waals surface area contributed by atoms with E-state index in [-0.39, 0.29) is 5.56 Å². The number of nitrogens with zero attached hydrogens (tertiary/aromatic N) is 4. The van der Waals surface area contributed by atoms with Crippen LogP contribution in [0.4, 0.5) is 0 Å². The Morgan fingerprint density at radius 3 is 2.58 bits per heavy atom. The number of hydrogen-bond donors (Lipinski definition) is 0. The Bertz CT molecular complexity index is 1090. The van der Waals surface area contributed by atoms with Crippen LogP contribution < -0.4 is 10.3 Å². The largest absolute Gasteiger partial charge is 0.486 e. The van der Waals surface area contributed by atoms with Gasteiger partial charge in [-0.05, 0) is 61.1 Å². The second-order valence-electron chi connectivity index (χ2n) is 9.64. The summed E-state index contributed by atoms with van der Waals surface area (Å²) in [5.74, 6) is 2.28. The molecule has 0 bridgehead atoms. The van der Waals surface area contributed by atoms with Crippen LogP contribution in [0.25, 0.3) is 0 Å². The van der Waals surface area contributed by atoms with Gasteiger partial charge in [-0.1, -0.05) is 18.2 Å². The van der Waals surface area contributed by atoms with Crippen molar-refractivity contribution in [3.8, 4) is 5.75 Å². The van der Waals surface area contributed by atoms with Crippen molar-refractivity contribution < 1.29 is 8.95 Å². The van der Waals surface area contributed by atoms with Gasteiger partial charge in [-0.2, -0.15) is 0 Å². The van der Waals surface area contributed by atoms with Crippen LogP contribution in [0.15, 0.2) is 29.2 Å². The second kappa shape index (κ2) is 9.68. The minimum absolute atomic E-state index is 0.0951. The van der Waals surface area contributed by atoms with Gasteiger partial charge in [0, 0.05) is 39.0 Å². The first-order valence-electron chi connectivity index (χ1n) is 12.2. The van der Waals surface area contributed by atoms with E-state index in [0.717, 1.165) is 50.8 Å². The van der Waals surface area contributed by atoms with Crippen LogP contribution in [-0.2, 0) is 37.2 Å². The lowest BCUT2D eigenvalue weighted by atomic mass is 9.99. The summed E-state index contributed by atoms with van der Waals surface area (Å²) in [6, 6.07) is 6.95. The molecule has 1 aliphatic carbocycles. The van der Waals surface area contributed by atoms with Crippen molar-refractivity contribution in [3.05, 3.63) is 57.3 Å². The summed E-state index contributed by atoms with van der Waals surface area (Å²) in [6.45, 7) is 7.16. The van der Waals surface area contributed by atoms with Gasteiger partial charge in [-0.25, -0.2) is 13.5 Å². The molecule has 7 nitrogen and oxygen atoms in total. The number of rotatable bonds is 8. The van der Waals surface area contributed by atoms with Crippen LogP contribution >= 0.6 is 0 Å². The summed E-state index contributed by atoms with van der Waals surface area (Å²) in [4.78, 5) is 20.1. The molecule has 3 heterocycles. The van der Waals surface area contributed by atoms with E-state index in [0.29, 0.717) is 31.4 Å². The molecule has 0 N–H and O–H groups in total. The molecule has 1 unspecified atom stereocenters. The molecule has 178 valence electrons. The molecule has 1 saturated heterocycles. The third kappa shape index (κ3) is 5.08. The van der Waals surface area contributed by atoms with Crippen LogP contribution in [0.3, 0.4) is 0 Å². The average molecular weight is 471 g/mol. The maximum absolute atomic E-state index is 13.1. The Kier molecular flexibility index (Phi) is 6.67. The Morgan fingerprint density at radius 2 is 1.88 bits per heavy atom. The zero-order valence-electron chi connectivity index (χ0n) is 19.7. The predicted molar refractivity (Wildman–Crippen MR) is 129 cm³/mol. The molecule has 1 saturated carbocycles. The monoisotopic (exact) mass is 470 g/mol. The first-order valence-corrected chi connectivity index (χ1v) is 13.7. The van der Waals surface area contributed by atoms with Crippen molar-refractivity contribution >= 4 is 11.0 Å². The maximum atomic E-state index is 13.1.